The maximum atomic E-state index is 5.87. The van der Waals surface area contributed by atoms with Crippen LogP contribution in [0.15, 0.2) is 48.5 Å². The zero-order valence-corrected chi connectivity index (χ0v) is 12.4. The van der Waals surface area contributed by atoms with E-state index in [0.717, 1.165) is 17.2 Å². The summed E-state index contributed by atoms with van der Waals surface area (Å²) in [5.74, 6) is 1.18. The van der Waals surface area contributed by atoms with Crippen LogP contribution in [0.2, 0.25) is 5.02 Å². The summed E-state index contributed by atoms with van der Waals surface area (Å²) in [5, 5.41) is 0.719. The van der Waals surface area contributed by atoms with Gasteiger partial charge in [-0.2, -0.15) is 0 Å². The molecule has 1 atom stereocenters. The van der Waals surface area contributed by atoms with E-state index < -0.39 is 0 Å². The lowest BCUT2D eigenvalue weighted by Gasteiger charge is -2.16. The second kappa shape index (κ2) is 7.32. The first-order valence-electron chi connectivity index (χ1n) is 6.84. The number of ether oxygens (including phenoxy) is 1. The van der Waals surface area contributed by atoms with Crippen LogP contribution in [0.25, 0.3) is 0 Å². The van der Waals surface area contributed by atoms with E-state index in [0.29, 0.717) is 19.1 Å². The van der Waals surface area contributed by atoms with Gasteiger partial charge in [-0.05, 0) is 55.6 Å². The fraction of sp³-hybridized carbons (Fsp3) is 0.294. The van der Waals surface area contributed by atoms with Gasteiger partial charge in [0.25, 0.3) is 0 Å². The number of benzene rings is 2. The van der Waals surface area contributed by atoms with E-state index in [1.807, 2.05) is 24.3 Å². The largest absolute Gasteiger partial charge is 0.494 e. The van der Waals surface area contributed by atoms with Gasteiger partial charge in [-0.3, -0.25) is 0 Å². The van der Waals surface area contributed by atoms with Gasteiger partial charge >= 0.3 is 0 Å². The van der Waals surface area contributed by atoms with Crippen molar-refractivity contribution in [2.24, 2.45) is 5.73 Å². The van der Waals surface area contributed by atoms with E-state index in [9.17, 15) is 0 Å². The molecule has 2 rings (SSSR count). The molecule has 0 aliphatic rings. The molecule has 1 unspecified atom stereocenters. The van der Waals surface area contributed by atoms with Crippen molar-refractivity contribution in [1.82, 2.24) is 0 Å². The molecule has 0 saturated heterocycles. The van der Waals surface area contributed by atoms with Crippen molar-refractivity contribution in [3.63, 3.8) is 0 Å². The van der Waals surface area contributed by atoms with Gasteiger partial charge in [0.05, 0.1) is 6.61 Å². The molecule has 0 fully saturated rings. The Balaban J connectivity index is 1.87. The number of hydrogen-bond donors (Lipinski definition) is 1. The minimum atomic E-state index is 0.336. The Labute approximate surface area is 125 Å². The molecule has 2 aromatic rings. The molecule has 3 heteroatoms. The van der Waals surface area contributed by atoms with Crippen LogP contribution in [0, 0.1) is 6.92 Å². The minimum Gasteiger partial charge on any atom is -0.494 e. The highest BCUT2D eigenvalue weighted by Gasteiger charge is 2.09. The van der Waals surface area contributed by atoms with Gasteiger partial charge in [0.2, 0.25) is 0 Å². The Bertz CT molecular complexity index is 522. The molecule has 0 aliphatic carbocycles. The van der Waals surface area contributed by atoms with E-state index in [4.69, 9.17) is 22.1 Å². The molecule has 2 nitrogen and oxygen atoms in total. The number of rotatable bonds is 6. The molecule has 0 bridgehead atoms. The third kappa shape index (κ3) is 4.26. The third-order valence-electron chi connectivity index (χ3n) is 3.38. The van der Waals surface area contributed by atoms with Gasteiger partial charge < -0.3 is 10.5 Å². The molecule has 2 aromatic carbocycles. The van der Waals surface area contributed by atoms with Gasteiger partial charge in [-0.25, -0.2) is 0 Å². The smallest absolute Gasteiger partial charge is 0.119 e. The molecular formula is C17H20ClNO. The summed E-state index contributed by atoms with van der Waals surface area (Å²) in [5.41, 5.74) is 8.41. The summed E-state index contributed by atoms with van der Waals surface area (Å²) in [6.45, 7) is 3.37. The predicted molar refractivity (Wildman–Crippen MR) is 84.5 cm³/mol. The molecule has 106 valence electrons. The Morgan fingerprint density at radius 1 is 1.05 bits per heavy atom. The van der Waals surface area contributed by atoms with Crippen LogP contribution in [-0.4, -0.2) is 13.2 Å². The molecule has 0 saturated carbocycles. The lowest BCUT2D eigenvalue weighted by atomic mass is 9.95. The van der Waals surface area contributed by atoms with Crippen LogP contribution < -0.4 is 10.5 Å². The average molecular weight is 290 g/mol. The fourth-order valence-corrected chi connectivity index (χ4v) is 2.24. The molecule has 0 amide bonds. The SMILES string of the molecule is Cc1ccc(C(CN)CCOc2ccc(Cl)cc2)cc1. The van der Waals surface area contributed by atoms with Crippen molar-refractivity contribution < 1.29 is 4.74 Å². The molecule has 2 N–H and O–H groups in total. The van der Waals surface area contributed by atoms with Crippen LogP contribution in [0.4, 0.5) is 0 Å². The normalized spacial score (nSPS) is 12.2. The predicted octanol–water partition coefficient (Wildman–Crippen LogP) is 4.16. The van der Waals surface area contributed by atoms with Crippen molar-refractivity contribution in [2.45, 2.75) is 19.3 Å². The van der Waals surface area contributed by atoms with Crippen molar-refractivity contribution in [3.05, 3.63) is 64.7 Å². The van der Waals surface area contributed by atoms with E-state index in [2.05, 4.69) is 31.2 Å². The Morgan fingerprint density at radius 3 is 2.30 bits per heavy atom. The highest BCUT2D eigenvalue weighted by molar-refractivity contribution is 6.30. The van der Waals surface area contributed by atoms with Gasteiger partial charge in [-0.1, -0.05) is 41.4 Å². The first-order chi connectivity index (χ1) is 9.69. The quantitative estimate of drug-likeness (QED) is 0.866. The number of hydrogen-bond acceptors (Lipinski definition) is 2. The maximum absolute atomic E-state index is 5.87. The van der Waals surface area contributed by atoms with Crippen LogP contribution in [-0.2, 0) is 0 Å². The zero-order chi connectivity index (χ0) is 14.4. The van der Waals surface area contributed by atoms with Crippen molar-refractivity contribution in [3.8, 4) is 5.75 Å². The van der Waals surface area contributed by atoms with E-state index in [1.165, 1.54) is 11.1 Å². The Hall–Kier alpha value is -1.51. The zero-order valence-electron chi connectivity index (χ0n) is 11.7. The van der Waals surface area contributed by atoms with Gasteiger partial charge in [-0.15, -0.1) is 0 Å². The van der Waals surface area contributed by atoms with E-state index in [-0.39, 0.29) is 0 Å². The van der Waals surface area contributed by atoms with Crippen LogP contribution in [0.1, 0.15) is 23.5 Å². The van der Waals surface area contributed by atoms with Crippen molar-refractivity contribution >= 4 is 11.6 Å². The van der Waals surface area contributed by atoms with E-state index >= 15 is 0 Å². The Kier molecular flexibility index (Phi) is 5.45. The average Bonchev–Trinajstić information content (AvgIpc) is 2.47. The molecule has 0 spiro atoms. The molecular weight excluding hydrogens is 270 g/mol. The van der Waals surface area contributed by atoms with Crippen molar-refractivity contribution in [2.75, 3.05) is 13.2 Å². The summed E-state index contributed by atoms with van der Waals surface area (Å²) in [7, 11) is 0. The lowest BCUT2D eigenvalue weighted by molar-refractivity contribution is 0.298. The van der Waals surface area contributed by atoms with Gasteiger partial charge in [0.1, 0.15) is 5.75 Å². The monoisotopic (exact) mass is 289 g/mol. The molecule has 0 aromatic heterocycles. The molecule has 0 radical (unpaired) electrons. The minimum absolute atomic E-state index is 0.336. The van der Waals surface area contributed by atoms with Gasteiger partial charge in [0.15, 0.2) is 0 Å². The number of halogens is 1. The standard InChI is InChI=1S/C17H20ClNO/c1-13-2-4-14(5-3-13)15(12-19)10-11-20-17-8-6-16(18)7-9-17/h2-9,15H,10-12,19H2,1H3. The van der Waals surface area contributed by atoms with Crippen LogP contribution >= 0.6 is 11.6 Å². The summed E-state index contributed by atoms with van der Waals surface area (Å²) >= 11 is 5.84. The van der Waals surface area contributed by atoms with E-state index in [1.54, 1.807) is 0 Å². The topological polar surface area (TPSA) is 35.2 Å². The first-order valence-corrected chi connectivity index (χ1v) is 7.22. The molecule has 20 heavy (non-hydrogen) atoms. The van der Waals surface area contributed by atoms with Crippen LogP contribution in [0.5, 0.6) is 5.75 Å². The summed E-state index contributed by atoms with van der Waals surface area (Å²) in [6, 6.07) is 16.0. The highest BCUT2D eigenvalue weighted by atomic mass is 35.5. The summed E-state index contributed by atoms with van der Waals surface area (Å²) < 4.78 is 5.72. The Morgan fingerprint density at radius 2 is 1.70 bits per heavy atom. The second-order valence-electron chi connectivity index (χ2n) is 4.93. The van der Waals surface area contributed by atoms with Crippen LogP contribution in [0.3, 0.4) is 0 Å². The summed E-state index contributed by atoms with van der Waals surface area (Å²) in [4.78, 5) is 0. The highest BCUT2D eigenvalue weighted by Crippen LogP contribution is 2.21. The second-order valence-corrected chi connectivity index (χ2v) is 5.37. The lowest BCUT2D eigenvalue weighted by Crippen LogP contribution is -2.15. The van der Waals surface area contributed by atoms with Crippen molar-refractivity contribution in [1.29, 1.82) is 0 Å². The molecule has 0 heterocycles. The molecule has 0 aliphatic heterocycles. The number of aryl methyl sites for hydroxylation is 1. The first kappa shape index (κ1) is 14.9. The third-order valence-corrected chi connectivity index (χ3v) is 3.63. The fourth-order valence-electron chi connectivity index (χ4n) is 2.11. The number of nitrogens with two attached hydrogens (primary N) is 1. The maximum Gasteiger partial charge on any atom is 0.119 e. The van der Waals surface area contributed by atoms with Gasteiger partial charge in [0, 0.05) is 5.02 Å². The summed E-state index contributed by atoms with van der Waals surface area (Å²) in [6.07, 6.45) is 0.905.